The minimum Gasteiger partial charge on any atom is -0.415 e. The summed E-state index contributed by atoms with van der Waals surface area (Å²) >= 11 is 2.78. The Morgan fingerprint density at radius 2 is 2.00 bits per heavy atom. The zero-order valence-corrected chi connectivity index (χ0v) is 12.1. The van der Waals surface area contributed by atoms with Gasteiger partial charge in [-0.1, -0.05) is 30.0 Å². The van der Waals surface area contributed by atoms with E-state index in [9.17, 15) is 13.2 Å². The second-order valence-corrected chi connectivity index (χ2v) is 5.67. The molecule has 0 radical (unpaired) electrons. The van der Waals surface area contributed by atoms with Crippen LogP contribution >= 0.6 is 23.5 Å². The van der Waals surface area contributed by atoms with E-state index in [1.807, 2.05) is 6.26 Å². The highest BCUT2D eigenvalue weighted by atomic mass is 32.2. The number of nitrogens with zero attached hydrogens (tertiary/aromatic N) is 2. The van der Waals surface area contributed by atoms with E-state index in [0.717, 1.165) is 12.1 Å². The SMILES string of the molecule is CSCc1nnc(SCc2cccc(C(F)(F)F)c2)o1. The van der Waals surface area contributed by atoms with Crippen molar-refractivity contribution in [3.05, 3.63) is 41.3 Å². The van der Waals surface area contributed by atoms with Crippen LogP contribution in [0, 0.1) is 0 Å². The number of aromatic nitrogens is 2. The fourth-order valence-electron chi connectivity index (χ4n) is 1.46. The van der Waals surface area contributed by atoms with Gasteiger partial charge in [0.2, 0.25) is 5.89 Å². The minimum atomic E-state index is -4.32. The van der Waals surface area contributed by atoms with Gasteiger partial charge in [0.25, 0.3) is 5.22 Å². The number of halogens is 3. The molecule has 0 bridgehead atoms. The summed E-state index contributed by atoms with van der Waals surface area (Å²) in [5, 5.41) is 8.04. The molecule has 0 spiro atoms. The maximum atomic E-state index is 12.6. The van der Waals surface area contributed by atoms with Gasteiger partial charge in [-0.05, 0) is 17.9 Å². The summed E-state index contributed by atoms with van der Waals surface area (Å²) < 4.78 is 43.0. The molecule has 1 heterocycles. The first-order chi connectivity index (χ1) is 9.49. The van der Waals surface area contributed by atoms with E-state index in [1.54, 1.807) is 17.8 Å². The summed E-state index contributed by atoms with van der Waals surface area (Å²) in [5.41, 5.74) is -0.0846. The summed E-state index contributed by atoms with van der Waals surface area (Å²) in [6.07, 6.45) is -2.41. The first kappa shape index (κ1) is 15.2. The van der Waals surface area contributed by atoms with Crippen molar-refractivity contribution < 1.29 is 17.6 Å². The van der Waals surface area contributed by atoms with Crippen LogP contribution in [0.2, 0.25) is 0 Å². The Bertz CT molecular complexity index is 572. The normalized spacial score (nSPS) is 11.8. The molecule has 0 saturated carbocycles. The van der Waals surface area contributed by atoms with Gasteiger partial charge in [-0.2, -0.15) is 24.9 Å². The quantitative estimate of drug-likeness (QED) is 0.770. The molecule has 2 aromatic rings. The van der Waals surface area contributed by atoms with Gasteiger partial charge in [0.05, 0.1) is 11.3 Å². The molecule has 0 saturated heterocycles. The van der Waals surface area contributed by atoms with Crippen molar-refractivity contribution in [3.8, 4) is 0 Å². The highest BCUT2D eigenvalue weighted by Gasteiger charge is 2.30. The van der Waals surface area contributed by atoms with Crippen LogP contribution in [0.15, 0.2) is 33.9 Å². The van der Waals surface area contributed by atoms with Gasteiger partial charge in [-0.25, -0.2) is 0 Å². The van der Waals surface area contributed by atoms with Gasteiger partial charge in [0, 0.05) is 5.75 Å². The number of rotatable bonds is 5. The van der Waals surface area contributed by atoms with Crippen molar-refractivity contribution in [2.45, 2.75) is 22.9 Å². The van der Waals surface area contributed by atoms with Crippen LogP contribution in [-0.4, -0.2) is 16.5 Å². The molecular formula is C12H11F3N2OS2. The smallest absolute Gasteiger partial charge is 0.415 e. The lowest BCUT2D eigenvalue weighted by atomic mass is 10.1. The third-order valence-corrected chi connectivity index (χ3v) is 3.76. The Morgan fingerprint density at radius 3 is 2.70 bits per heavy atom. The largest absolute Gasteiger partial charge is 0.416 e. The molecule has 8 heteroatoms. The van der Waals surface area contributed by atoms with Crippen molar-refractivity contribution in [3.63, 3.8) is 0 Å². The van der Waals surface area contributed by atoms with Crippen LogP contribution in [0.25, 0.3) is 0 Å². The molecule has 0 aliphatic carbocycles. The van der Waals surface area contributed by atoms with Gasteiger partial charge in [0.15, 0.2) is 0 Å². The topological polar surface area (TPSA) is 38.9 Å². The van der Waals surface area contributed by atoms with Crippen LogP contribution in [0.1, 0.15) is 17.0 Å². The van der Waals surface area contributed by atoms with E-state index in [1.165, 1.54) is 17.8 Å². The van der Waals surface area contributed by atoms with Crippen molar-refractivity contribution in [1.82, 2.24) is 10.2 Å². The van der Waals surface area contributed by atoms with E-state index < -0.39 is 11.7 Å². The number of alkyl halides is 3. The van der Waals surface area contributed by atoms with Crippen LogP contribution in [-0.2, 0) is 17.7 Å². The van der Waals surface area contributed by atoms with E-state index in [4.69, 9.17) is 4.42 Å². The monoisotopic (exact) mass is 320 g/mol. The number of hydrogen-bond acceptors (Lipinski definition) is 5. The lowest BCUT2D eigenvalue weighted by Crippen LogP contribution is -2.04. The second kappa shape index (κ2) is 6.53. The third-order valence-electron chi connectivity index (χ3n) is 2.33. The Labute approximate surface area is 122 Å². The predicted octanol–water partition coefficient (Wildman–Crippen LogP) is 4.24. The Balaban J connectivity index is 1.99. The highest BCUT2D eigenvalue weighted by molar-refractivity contribution is 7.98. The van der Waals surface area contributed by atoms with E-state index in [2.05, 4.69) is 10.2 Å². The zero-order chi connectivity index (χ0) is 14.6. The number of thioether (sulfide) groups is 2. The molecule has 0 atom stereocenters. The standard InChI is InChI=1S/C12H11F3N2OS2/c1-19-7-10-16-17-11(18-10)20-6-8-3-2-4-9(5-8)12(13,14)15/h2-5H,6-7H2,1H3. The summed E-state index contributed by atoms with van der Waals surface area (Å²) in [4.78, 5) is 0. The van der Waals surface area contributed by atoms with Gasteiger partial charge in [-0.3, -0.25) is 0 Å². The average molecular weight is 320 g/mol. The number of benzene rings is 1. The molecule has 108 valence electrons. The molecule has 3 nitrogen and oxygen atoms in total. The maximum absolute atomic E-state index is 12.6. The predicted molar refractivity (Wildman–Crippen MR) is 72.5 cm³/mol. The lowest BCUT2D eigenvalue weighted by Gasteiger charge is -2.07. The molecule has 1 aromatic carbocycles. The zero-order valence-electron chi connectivity index (χ0n) is 10.5. The third kappa shape index (κ3) is 4.17. The summed E-state index contributed by atoms with van der Waals surface area (Å²) in [5.74, 6) is 1.49. The molecule has 20 heavy (non-hydrogen) atoms. The fourth-order valence-corrected chi connectivity index (χ4v) is 2.55. The Morgan fingerprint density at radius 1 is 1.20 bits per heavy atom. The van der Waals surface area contributed by atoms with E-state index in [-0.39, 0.29) is 0 Å². The number of hydrogen-bond donors (Lipinski definition) is 0. The molecule has 0 amide bonds. The van der Waals surface area contributed by atoms with Crippen LogP contribution in [0.4, 0.5) is 13.2 Å². The molecule has 0 fully saturated rings. The highest BCUT2D eigenvalue weighted by Crippen LogP contribution is 2.31. The van der Waals surface area contributed by atoms with E-state index in [0.29, 0.717) is 28.2 Å². The fraction of sp³-hybridized carbons (Fsp3) is 0.333. The summed E-state index contributed by atoms with van der Waals surface area (Å²) in [6.45, 7) is 0. The molecule has 2 rings (SSSR count). The van der Waals surface area contributed by atoms with Crippen molar-refractivity contribution >= 4 is 23.5 Å². The van der Waals surface area contributed by atoms with Gasteiger partial charge in [0.1, 0.15) is 0 Å². The Kier molecular flexibility index (Phi) is 4.98. The van der Waals surface area contributed by atoms with Crippen LogP contribution in [0.5, 0.6) is 0 Å². The van der Waals surface area contributed by atoms with Crippen LogP contribution < -0.4 is 0 Å². The molecule has 0 aliphatic heterocycles. The Hall–Kier alpha value is -1.15. The van der Waals surface area contributed by atoms with Gasteiger partial charge >= 0.3 is 6.18 Å². The first-order valence-corrected chi connectivity index (χ1v) is 7.97. The first-order valence-electron chi connectivity index (χ1n) is 5.59. The van der Waals surface area contributed by atoms with Gasteiger partial charge in [-0.15, -0.1) is 10.2 Å². The van der Waals surface area contributed by atoms with Crippen molar-refractivity contribution in [2.75, 3.05) is 6.26 Å². The molecule has 1 aromatic heterocycles. The van der Waals surface area contributed by atoms with Gasteiger partial charge < -0.3 is 4.42 Å². The lowest BCUT2D eigenvalue weighted by molar-refractivity contribution is -0.137. The molecular weight excluding hydrogens is 309 g/mol. The molecule has 0 unspecified atom stereocenters. The summed E-state index contributed by atoms with van der Waals surface area (Å²) in [7, 11) is 0. The van der Waals surface area contributed by atoms with Crippen LogP contribution in [0.3, 0.4) is 0 Å². The maximum Gasteiger partial charge on any atom is 0.416 e. The van der Waals surface area contributed by atoms with Crippen molar-refractivity contribution in [1.29, 1.82) is 0 Å². The minimum absolute atomic E-state index is 0.352. The molecule has 0 aliphatic rings. The molecule has 0 N–H and O–H groups in total. The average Bonchev–Trinajstić information content (AvgIpc) is 2.84. The van der Waals surface area contributed by atoms with E-state index >= 15 is 0 Å². The second-order valence-electron chi connectivity index (χ2n) is 3.88. The summed E-state index contributed by atoms with van der Waals surface area (Å²) in [6, 6.07) is 5.22. The van der Waals surface area contributed by atoms with Crippen molar-refractivity contribution in [2.24, 2.45) is 0 Å².